The molecule has 0 radical (unpaired) electrons. The van der Waals surface area contributed by atoms with E-state index in [1.807, 2.05) is 0 Å². The van der Waals surface area contributed by atoms with Gasteiger partial charge in [-0.15, -0.1) is 0 Å². The van der Waals surface area contributed by atoms with Crippen LogP contribution in [0.25, 0.3) is 0 Å². The standard InChI is InChI=1S/C14H30N2/c1-5-16-11-7-13(8-12-16)15-10-6-9-14(2,3)4/h13,15H,5-12H2,1-4H3. The van der Waals surface area contributed by atoms with Gasteiger partial charge in [0, 0.05) is 6.04 Å². The molecule has 1 fully saturated rings. The third-order valence-electron chi connectivity index (χ3n) is 3.57. The molecule has 16 heavy (non-hydrogen) atoms. The topological polar surface area (TPSA) is 15.3 Å². The van der Waals surface area contributed by atoms with Crippen molar-refractivity contribution in [3.05, 3.63) is 0 Å². The fraction of sp³-hybridized carbons (Fsp3) is 1.00. The molecule has 2 nitrogen and oxygen atoms in total. The van der Waals surface area contributed by atoms with E-state index < -0.39 is 0 Å². The molecule has 96 valence electrons. The fourth-order valence-corrected chi connectivity index (χ4v) is 2.38. The van der Waals surface area contributed by atoms with Crippen LogP contribution in [0, 0.1) is 5.41 Å². The summed E-state index contributed by atoms with van der Waals surface area (Å²) >= 11 is 0. The molecule has 0 aromatic rings. The van der Waals surface area contributed by atoms with Crippen molar-refractivity contribution in [2.75, 3.05) is 26.2 Å². The largest absolute Gasteiger partial charge is 0.314 e. The van der Waals surface area contributed by atoms with Crippen molar-refractivity contribution in [1.82, 2.24) is 10.2 Å². The first-order valence-electron chi connectivity index (χ1n) is 6.97. The van der Waals surface area contributed by atoms with Crippen LogP contribution in [-0.2, 0) is 0 Å². The third kappa shape index (κ3) is 5.86. The van der Waals surface area contributed by atoms with E-state index in [1.54, 1.807) is 0 Å². The second-order valence-electron chi connectivity index (χ2n) is 6.33. The lowest BCUT2D eigenvalue weighted by Gasteiger charge is -2.31. The molecule has 0 aromatic heterocycles. The number of piperidine rings is 1. The van der Waals surface area contributed by atoms with Crippen LogP contribution in [0.15, 0.2) is 0 Å². The van der Waals surface area contributed by atoms with Crippen molar-refractivity contribution < 1.29 is 0 Å². The molecule has 0 aromatic carbocycles. The predicted molar refractivity (Wildman–Crippen MR) is 71.8 cm³/mol. The average molecular weight is 226 g/mol. The van der Waals surface area contributed by atoms with E-state index in [-0.39, 0.29) is 0 Å². The maximum absolute atomic E-state index is 3.71. The molecule has 0 spiro atoms. The smallest absolute Gasteiger partial charge is 0.00914 e. The highest BCUT2D eigenvalue weighted by Gasteiger charge is 2.17. The minimum atomic E-state index is 0.493. The molecular weight excluding hydrogens is 196 g/mol. The molecule has 1 rings (SSSR count). The van der Waals surface area contributed by atoms with E-state index in [0.717, 1.165) is 6.04 Å². The quantitative estimate of drug-likeness (QED) is 0.725. The van der Waals surface area contributed by atoms with Crippen molar-refractivity contribution in [3.63, 3.8) is 0 Å². The van der Waals surface area contributed by atoms with Crippen LogP contribution in [0.2, 0.25) is 0 Å². The Labute approximate surface area is 102 Å². The highest BCUT2D eigenvalue weighted by molar-refractivity contribution is 4.76. The third-order valence-corrected chi connectivity index (χ3v) is 3.57. The summed E-state index contributed by atoms with van der Waals surface area (Å²) in [6.07, 6.45) is 5.32. The molecule has 1 N–H and O–H groups in total. The summed E-state index contributed by atoms with van der Waals surface area (Å²) in [7, 11) is 0. The van der Waals surface area contributed by atoms with E-state index in [9.17, 15) is 0 Å². The molecule has 0 atom stereocenters. The Morgan fingerprint density at radius 2 is 1.81 bits per heavy atom. The Bertz CT molecular complexity index is 176. The van der Waals surface area contributed by atoms with Gasteiger partial charge < -0.3 is 10.2 Å². The molecule has 2 heteroatoms. The van der Waals surface area contributed by atoms with E-state index in [0.29, 0.717) is 5.41 Å². The Morgan fingerprint density at radius 1 is 1.19 bits per heavy atom. The molecule has 0 aliphatic carbocycles. The van der Waals surface area contributed by atoms with Crippen molar-refractivity contribution in [1.29, 1.82) is 0 Å². The van der Waals surface area contributed by atoms with Gasteiger partial charge in [0.2, 0.25) is 0 Å². The first-order chi connectivity index (χ1) is 7.51. The van der Waals surface area contributed by atoms with Gasteiger partial charge in [-0.1, -0.05) is 27.7 Å². The van der Waals surface area contributed by atoms with E-state index >= 15 is 0 Å². The zero-order chi connectivity index (χ0) is 12.0. The SMILES string of the molecule is CCN1CCC(NCCCC(C)(C)C)CC1. The van der Waals surface area contributed by atoms with Crippen LogP contribution in [0.3, 0.4) is 0 Å². The van der Waals surface area contributed by atoms with Gasteiger partial charge in [0.15, 0.2) is 0 Å². The minimum Gasteiger partial charge on any atom is -0.314 e. The van der Waals surface area contributed by atoms with Crippen molar-refractivity contribution in [2.24, 2.45) is 5.41 Å². The lowest BCUT2D eigenvalue weighted by molar-refractivity contribution is 0.205. The first kappa shape index (κ1) is 14.0. The monoisotopic (exact) mass is 226 g/mol. The molecule has 0 unspecified atom stereocenters. The second kappa shape index (κ2) is 6.61. The van der Waals surface area contributed by atoms with Gasteiger partial charge >= 0.3 is 0 Å². The fourth-order valence-electron chi connectivity index (χ4n) is 2.38. The Balaban J connectivity index is 2.02. The van der Waals surface area contributed by atoms with Crippen LogP contribution in [-0.4, -0.2) is 37.1 Å². The maximum atomic E-state index is 3.71. The highest BCUT2D eigenvalue weighted by Crippen LogP contribution is 2.20. The summed E-state index contributed by atoms with van der Waals surface area (Å²) in [4.78, 5) is 2.55. The number of likely N-dealkylation sites (tertiary alicyclic amines) is 1. The van der Waals surface area contributed by atoms with Gasteiger partial charge in [-0.2, -0.15) is 0 Å². The normalized spacial score (nSPS) is 20.2. The number of hydrogen-bond acceptors (Lipinski definition) is 2. The lowest BCUT2D eigenvalue weighted by Crippen LogP contribution is -2.42. The van der Waals surface area contributed by atoms with Gasteiger partial charge in [-0.05, 0) is 57.3 Å². The summed E-state index contributed by atoms with van der Waals surface area (Å²) in [5.41, 5.74) is 0.493. The number of rotatable bonds is 5. The van der Waals surface area contributed by atoms with Crippen LogP contribution >= 0.6 is 0 Å². The minimum absolute atomic E-state index is 0.493. The molecule has 0 saturated carbocycles. The molecule has 1 saturated heterocycles. The van der Waals surface area contributed by atoms with Crippen LogP contribution in [0.4, 0.5) is 0 Å². The zero-order valence-electron chi connectivity index (χ0n) is 11.7. The number of nitrogens with zero attached hydrogens (tertiary/aromatic N) is 1. The van der Waals surface area contributed by atoms with E-state index in [1.165, 1.54) is 51.9 Å². The van der Waals surface area contributed by atoms with E-state index in [4.69, 9.17) is 0 Å². The van der Waals surface area contributed by atoms with Crippen molar-refractivity contribution in [2.45, 2.75) is 59.4 Å². The van der Waals surface area contributed by atoms with E-state index in [2.05, 4.69) is 37.9 Å². The summed E-state index contributed by atoms with van der Waals surface area (Å²) < 4.78 is 0. The average Bonchev–Trinajstić information content (AvgIpc) is 2.24. The molecule has 1 aliphatic heterocycles. The molecule has 0 bridgehead atoms. The first-order valence-corrected chi connectivity index (χ1v) is 6.97. The van der Waals surface area contributed by atoms with Gasteiger partial charge in [0.05, 0.1) is 0 Å². The lowest BCUT2D eigenvalue weighted by atomic mass is 9.90. The Hall–Kier alpha value is -0.0800. The van der Waals surface area contributed by atoms with Crippen LogP contribution in [0.5, 0.6) is 0 Å². The van der Waals surface area contributed by atoms with Gasteiger partial charge in [0.25, 0.3) is 0 Å². The van der Waals surface area contributed by atoms with Gasteiger partial charge in [0.1, 0.15) is 0 Å². The number of nitrogens with one attached hydrogen (secondary N) is 1. The second-order valence-corrected chi connectivity index (χ2v) is 6.33. The molecular formula is C14H30N2. The van der Waals surface area contributed by atoms with Crippen LogP contribution in [0.1, 0.15) is 53.4 Å². The van der Waals surface area contributed by atoms with Crippen LogP contribution < -0.4 is 5.32 Å². The summed E-state index contributed by atoms with van der Waals surface area (Å²) in [5, 5.41) is 3.71. The van der Waals surface area contributed by atoms with Crippen molar-refractivity contribution in [3.8, 4) is 0 Å². The number of hydrogen-bond donors (Lipinski definition) is 1. The van der Waals surface area contributed by atoms with Gasteiger partial charge in [-0.3, -0.25) is 0 Å². The van der Waals surface area contributed by atoms with Gasteiger partial charge in [-0.25, -0.2) is 0 Å². The zero-order valence-corrected chi connectivity index (χ0v) is 11.7. The Kier molecular flexibility index (Phi) is 5.77. The molecule has 1 aliphatic rings. The maximum Gasteiger partial charge on any atom is 0.00914 e. The Morgan fingerprint density at radius 3 is 2.31 bits per heavy atom. The summed E-state index contributed by atoms with van der Waals surface area (Å²) in [5.74, 6) is 0. The summed E-state index contributed by atoms with van der Waals surface area (Å²) in [6.45, 7) is 14.2. The predicted octanol–water partition coefficient (Wildman–Crippen LogP) is 2.89. The highest BCUT2D eigenvalue weighted by atomic mass is 15.1. The molecule has 0 amide bonds. The molecule has 1 heterocycles. The summed E-state index contributed by atoms with van der Waals surface area (Å²) in [6, 6.07) is 0.780. The van der Waals surface area contributed by atoms with Crippen molar-refractivity contribution >= 4 is 0 Å².